The molecule has 0 atom stereocenters. The molecule has 0 saturated heterocycles. The van der Waals surface area contributed by atoms with Crippen LogP contribution in [0.25, 0.3) is 0 Å². The molecule has 4 heteroatoms. The van der Waals surface area contributed by atoms with Crippen LogP contribution in [0.5, 0.6) is 0 Å². The molecule has 0 radical (unpaired) electrons. The summed E-state index contributed by atoms with van der Waals surface area (Å²) >= 11 is 0. The summed E-state index contributed by atoms with van der Waals surface area (Å²) in [4.78, 5) is 14.1. The molecule has 0 spiro atoms. The highest BCUT2D eigenvalue weighted by molar-refractivity contribution is 5.71. The lowest BCUT2D eigenvalue weighted by Gasteiger charge is -2.18. The Morgan fingerprint density at radius 1 is 1.50 bits per heavy atom. The number of esters is 1. The Hall–Kier alpha value is -0.610. The average Bonchev–Trinajstić information content (AvgIpc) is 1.59. The van der Waals surface area contributed by atoms with Crippen LogP contribution in [-0.4, -0.2) is 23.4 Å². The highest BCUT2D eigenvalue weighted by Crippen LogP contribution is 2.06. The molecule has 0 aromatic rings. The fourth-order valence-electron chi connectivity index (χ4n) is 0.424. The molecule has 0 aliphatic heterocycles. The van der Waals surface area contributed by atoms with Crippen LogP contribution in [0.4, 0.5) is 0 Å². The minimum atomic E-state index is -0.574. The van der Waals surface area contributed by atoms with Gasteiger partial charge < -0.3 is 4.74 Å². The monoisotopic (exact) mass is 148 g/mol. The Bertz CT molecular complexity index is 113. The van der Waals surface area contributed by atoms with E-state index in [1.165, 1.54) is 0 Å². The fourth-order valence-corrected chi connectivity index (χ4v) is 0.424. The Kier molecular flexibility index (Phi) is 3.32. The minimum Gasteiger partial charge on any atom is -0.458 e. The number of ether oxygens (including phenoxy) is 1. The van der Waals surface area contributed by atoms with Gasteiger partial charge in [-0.1, -0.05) is 0 Å². The van der Waals surface area contributed by atoms with E-state index in [1.807, 2.05) is 0 Å². The van der Waals surface area contributed by atoms with Crippen molar-refractivity contribution in [1.82, 2.24) is 0 Å². The topological polar surface area (TPSA) is 55.8 Å². The smallest absolute Gasteiger partial charge is 0.335 e. The zero-order valence-electron chi connectivity index (χ0n) is 6.38. The Morgan fingerprint density at radius 3 is 2.30 bits per heavy atom. The maximum absolute atomic E-state index is 10.6. The first kappa shape index (κ1) is 9.39. The summed E-state index contributed by atoms with van der Waals surface area (Å²) < 4.78 is 4.75. The zero-order chi connectivity index (χ0) is 8.20. The molecule has 0 aliphatic rings. The highest BCUT2D eigenvalue weighted by Gasteiger charge is 2.15. The predicted octanol–water partition coefficient (Wildman–Crippen LogP) is 0.818. The van der Waals surface area contributed by atoms with E-state index in [9.17, 15) is 4.79 Å². The number of hydrogen-bond donors (Lipinski definition) is 1. The zero-order valence-corrected chi connectivity index (χ0v) is 6.38. The lowest BCUT2D eigenvalue weighted by molar-refractivity contribution is -0.247. The third-order valence-corrected chi connectivity index (χ3v) is 0.602. The highest BCUT2D eigenvalue weighted by atomic mass is 17.1. The van der Waals surface area contributed by atoms with E-state index in [1.54, 1.807) is 20.8 Å². The second-order valence-electron chi connectivity index (χ2n) is 2.86. The third-order valence-electron chi connectivity index (χ3n) is 0.602. The lowest BCUT2D eigenvalue weighted by atomic mass is 10.2. The number of hydrogen-bond acceptors (Lipinski definition) is 4. The molecule has 0 rings (SSSR count). The van der Waals surface area contributed by atoms with Gasteiger partial charge in [-0.2, -0.15) is 0 Å². The van der Waals surface area contributed by atoms with E-state index in [2.05, 4.69) is 4.89 Å². The summed E-state index contributed by atoms with van der Waals surface area (Å²) in [5, 5.41) is 7.83. The van der Waals surface area contributed by atoms with E-state index >= 15 is 0 Å². The van der Waals surface area contributed by atoms with E-state index in [0.29, 0.717) is 0 Å². The van der Waals surface area contributed by atoms with Crippen molar-refractivity contribution in [3.05, 3.63) is 0 Å². The molecule has 0 heterocycles. The van der Waals surface area contributed by atoms with Gasteiger partial charge in [0.2, 0.25) is 0 Å². The molecule has 0 fully saturated rings. The van der Waals surface area contributed by atoms with Gasteiger partial charge in [-0.25, -0.2) is 9.68 Å². The maximum Gasteiger partial charge on any atom is 0.335 e. The van der Waals surface area contributed by atoms with E-state index in [0.717, 1.165) is 0 Å². The second-order valence-corrected chi connectivity index (χ2v) is 2.86. The Morgan fingerprint density at radius 2 is 2.00 bits per heavy atom. The number of carbonyl (C=O) groups excluding carboxylic acids is 1. The van der Waals surface area contributed by atoms with Crippen molar-refractivity contribution in [3.8, 4) is 0 Å². The fraction of sp³-hybridized carbons (Fsp3) is 0.833. The van der Waals surface area contributed by atoms with Crippen molar-refractivity contribution < 1.29 is 19.7 Å². The summed E-state index contributed by atoms with van der Waals surface area (Å²) in [6.45, 7) is 4.80. The van der Waals surface area contributed by atoms with Crippen LogP contribution >= 0.6 is 0 Å². The quantitative estimate of drug-likeness (QED) is 0.358. The molecular formula is C6H12O4. The van der Waals surface area contributed by atoms with E-state index in [4.69, 9.17) is 9.99 Å². The summed E-state index contributed by atoms with van der Waals surface area (Å²) in [6.07, 6.45) is 0. The molecule has 0 aliphatic carbocycles. The molecular weight excluding hydrogens is 136 g/mol. The van der Waals surface area contributed by atoms with Gasteiger partial charge in [-0.3, -0.25) is 5.26 Å². The maximum atomic E-state index is 10.6. The largest absolute Gasteiger partial charge is 0.458 e. The molecule has 0 bridgehead atoms. The van der Waals surface area contributed by atoms with Crippen LogP contribution in [0.3, 0.4) is 0 Å². The van der Waals surface area contributed by atoms with Crippen molar-refractivity contribution in [1.29, 1.82) is 0 Å². The van der Waals surface area contributed by atoms with Crippen LogP contribution in [0, 0.1) is 0 Å². The van der Waals surface area contributed by atoms with Gasteiger partial charge >= 0.3 is 5.97 Å². The van der Waals surface area contributed by atoms with Crippen LogP contribution in [0.2, 0.25) is 0 Å². The van der Waals surface area contributed by atoms with Crippen molar-refractivity contribution in [2.24, 2.45) is 0 Å². The molecule has 4 nitrogen and oxygen atoms in total. The van der Waals surface area contributed by atoms with Crippen molar-refractivity contribution >= 4 is 5.97 Å². The van der Waals surface area contributed by atoms with Gasteiger partial charge in [-0.15, -0.1) is 0 Å². The molecule has 60 valence electrons. The average molecular weight is 148 g/mol. The molecule has 0 amide bonds. The van der Waals surface area contributed by atoms with Crippen molar-refractivity contribution in [2.45, 2.75) is 26.4 Å². The van der Waals surface area contributed by atoms with Gasteiger partial charge in [0.05, 0.1) is 0 Å². The summed E-state index contributed by atoms with van der Waals surface area (Å²) in [5.41, 5.74) is -0.518. The van der Waals surface area contributed by atoms with Crippen molar-refractivity contribution in [2.75, 3.05) is 6.61 Å². The SMILES string of the molecule is CC(C)(C)OC(=O)COO. The van der Waals surface area contributed by atoms with Gasteiger partial charge in [0, 0.05) is 0 Å². The van der Waals surface area contributed by atoms with Crippen LogP contribution in [0.1, 0.15) is 20.8 Å². The molecule has 0 saturated carbocycles. The first-order chi connectivity index (χ1) is 4.45. The predicted molar refractivity (Wildman–Crippen MR) is 34.4 cm³/mol. The normalized spacial score (nSPS) is 11.2. The van der Waals surface area contributed by atoms with Gasteiger partial charge in [0.1, 0.15) is 5.60 Å². The van der Waals surface area contributed by atoms with E-state index in [-0.39, 0.29) is 0 Å². The second kappa shape index (κ2) is 3.53. The first-order valence-corrected chi connectivity index (χ1v) is 2.94. The Balaban J connectivity index is 3.58. The van der Waals surface area contributed by atoms with Crippen LogP contribution in [-0.2, 0) is 14.4 Å². The summed E-state index contributed by atoms with van der Waals surface area (Å²) in [5.74, 6) is -0.574. The summed E-state index contributed by atoms with van der Waals surface area (Å²) in [6, 6.07) is 0. The minimum absolute atomic E-state index is 0.419. The van der Waals surface area contributed by atoms with Crippen LogP contribution in [0.15, 0.2) is 0 Å². The van der Waals surface area contributed by atoms with E-state index < -0.39 is 18.2 Å². The van der Waals surface area contributed by atoms with Gasteiger partial charge in [-0.05, 0) is 20.8 Å². The van der Waals surface area contributed by atoms with Gasteiger partial charge in [0.25, 0.3) is 0 Å². The molecule has 0 aromatic carbocycles. The molecule has 0 aromatic heterocycles. The number of rotatable bonds is 2. The van der Waals surface area contributed by atoms with Gasteiger partial charge in [0.15, 0.2) is 6.61 Å². The van der Waals surface area contributed by atoms with Crippen LogP contribution < -0.4 is 0 Å². The Labute approximate surface area is 59.7 Å². The number of carbonyl (C=O) groups is 1. The lowest BCUT2D eigenvalue weighted by Crippen LogP contribution is -2.26. The standard InChI is InChI=1S/C6H12O4/c1-6(2,3)10-5(7)4-9-8/h8H,4H2,1-3H3. The molecule has 10 heavy (non-hydrogen) atoms. The summed E-state index contributed by atoms with van der Waals surface area (Å²) in [7, 11) is 0. The van der Waals surface area contributed by atoms with Crippen molar-refractivity contribution in [3.63, 3.8) is 0 Å². The first-order valence-electron chi connectivity index (χ1n) is 2.94. The third kappa shape index (κ3) is 5.53. The molecule has 1 N–H and O–H groups in total. The molecule has 0 unspecified atom stereocenters.